The van der Waals surface area contributed by atoms with Gasteiger partial charge >= 0.3 is 12.0 Å². The molecule has 0 saturated heterocycles. The summed E-state index contributed by atoms with van der Waals surface area (Å²) in [5.74, 6) is 2.91. The number of terminal acetylenes is 1. The van der Waals surface area contributed by atoms with Gasteiger partial charge in [-0.3, -0.25) is 0 Å². The zero-order chi connectivity index (χ0) is 13.4. The fraction of sp³-hybridized carbons (Fsp3) is 0.583. The average molecular weight is 250 g/mol. The average Bonchev–Trinajstić information content (AvgIpc) is 2.28. The third kappa shape index (κ3) is 4.87. The molecule has 0 bridgehead atoms. The molecule has 0 atom stereocenters. The molecular formula is C12H18N4O2. The van der Waals surface area contributed by atoms with E-state index in [0.29, 0.717) is 25.5 Å². The molecule has 98 valence electrons. The summed E-state index contributed by atoms with van der Waals surface area (Å²) in [6.07, 6.45) is 5.63. The first-order chi connectivity index (χ1) is 8.65. The first-order valence-electron chi connectivity index (χ1n) is 5.88. The van der Waals surface area contributed by atoms with Crippen LogP contribution in [0.15, 0.2) is 0 Å². The van der Waals surface area contributed by atoms with E-state index < -0.39 is 0 Å². The van der Waals surface area contributed by atoms with Crippen LogP contribution in [0.4, 0.5) is 5.95 Å². The van der Waals surface area contributed by atoms with Crippen LogP contribution in [0.25, 0.3) is 0 Å². The van der Waals surface area contributed by atoms with Crippen LogP contribution >= 0.6 is 0 Å². The molecule has 6 nitrogen and oxygen atoms in total. The van der Waals surface area contributed by atoms with Gasteiger partial charge in [-0.2, -0.15) is 9.97 Å². The molecule has 0 amide bonds. The molecule has 0 aliphatic rings. The van der Waals surface area contributed by atoms with Gasteiger partial charge in [-0.1, -0.05) is 0 Å². The Kier molecular flexibility index (Phi) is 5.71. The molecule has 1 N–H and O–H groups in total. The van der Waals surface area contributed by atoms with Crippen LogP contribution in [0.1, 0.15) is 27.2 Å². The summed E-state index contributed by atoms with van der Waals surface area (Å²) in [4.78, 5) is 12.3. The molecule has 1 aromatic heterocycles. The van der Waals surface area contributed by atoms with Crippen LogP contribution in [0.2, 0.25) is 0 Å². The predicted molar refractivity (Wildman–Crippen MR) is 68.7 cm³/mol. The summed E-state index contributed by atoms with van der Waals surface area (Å²) in [6, 6.07) is 0.457. The van der Waals surface area contributed by atoms with Gasteiger partial charge in [-0.05, 0) is 20.8 Å². The van der Waals surface area contributed by atoms with Crippen molar-refractivity contribution in [2.45, 2.75) is 33.3 Å². The molecule has 1 heterocycles. The van der Waals surface area contributed by atoms with Gasteiger partial charge in [0, 0.05) is 13.0 Å². The number of hydrogen-bond donors (Lipinski definition) is 1. The van der Waals surface area contributed by atoms with Crippen LogP contribution in [0.5, 0.6) is 12.0 Å². The number of hydrogen-bond acceptors (Lipinski definition) is 6. The zero-order valence-electron chi connectivity index (χ0n) is 10.9. The maximum absolute atomic E-state index is 5.43. The van der Waals surface area contributed by atoms with Crippen molar-refractivity contribution in [2.24, 2.45) is 0 Å². The lowest BCUT2D eigenvalue weighted by Gasteiger charge is -2.10. The lowest BCUT2D eigenvalue weighted by Crippen LogP contribution is -2.12. The van der Waals surface area contributed by atoms with E-state index in [1.54, 1.807) is 0 Å². The van der Waals surface area contributed by atoms with Gasteiger partial charge in [0.15, 0.2) is 0 Å². The lowest BCUT2D eigenvalue weighted by molar-refractivity contribution is 0.214. The second-order valence-electron chi connectivity index (χ2n) is 3.72. The van der Waals surface area contributed by atoms with E-state index in [2.05, 4.69) is 26.2 Å². The number of nitrogens with zero attached hydrogens (tertiary/aromatic N) is 3. The first kappa shape index (κ1) is 14.0. The Balaban J connectivity index is 2.80. The lowest BCUT2D eigenvalue weighted by atomic mass is 10.5. The largest absolute Gasteiger partial charge is 0.462 e. The molecule has 0 aliphatic heterocycles. The Morgan fingerprint density at radius 1 is 1.28 bits per heavy atom. The van der Waals surface area contributed by atoms with Gasteiger partial charge in [0.25, 0.3) is 0 Å². The number of ether oxygens (including phenoxy) is 2. The van der Waals surface area contributed by atoms with E-state index in [4.69, 9.17) is 15.9 Å². The molecular weight excluding hydrogens is 232 g/mol. The summed E-state index contributed by atoms with van der Waals surface area (Å²) in [5, 5.41) is 2.99. The second kappa shape index (κ2) is 7.33. The van der Waals surface area contributed by atoms with Gasteiger partial charge in [0.2, 0.25) is 5.95 Å². The monoisotopic (exact) mass is 250 g/mol. The molecule has 0 aliphatic carbocycles. The molecule has 0 fully saturated rings. The molecule has 0 radical (unpaired) electrons. The number of aromatic nitrogens is 3. The topological polar surface area (TPSA) is 69.2 Å². The van der Waals surface area contributed by atoms with Crippen molar-refractivity contribution < 1.29 is 9.47 Å². The van der Waals surface area contributed by atoms with Crippen LogP contribution in [0.3, 0.4) is 0 Å². The minimum atomic E-state index is -0.0135. The van der Waals surface area contributed by atoms with E-state index in [1.165, 1.54) is 0 Å². The van der Waals surface area contributed by atoms with Gasteiger partial charge in [0.1, 0.15) is 6.61 Å². The summed E-state index contributed by atoms with van der Waals surface area (Å²) in [5.41, 5.74) is 0. The summed E-state index contributed by atoms with van der Waals surface area (Å²) in [7, 11) is 0. The van der Waals surface area contributed by atoms with Crippen molar-refractivity contribution in [2.75, 3.05) is 18.5 Å². The highest BCUT2D eigenvalue weighted by atomic mass is 16.5. The Morgan fingerprint density at radius 2 is 2.00 bits per heavy atom. The number of nitrogens with one attached hydrogen (secondary N) is 1. The third-order valence-corrected chi connectivity index (χ3v) is 1.75. The molecule has 0 spiro atoms. The molecule has 0 saturated carbocycles. The highest BCUT2D eigenvalue weighted by molar-refractivity contribution is 5.27. The number of anilines is 1. The molecule has 0 unspecified atom stereocenters. The Bertz CT molecular complexity index is 415. The van der Waals surface area contributed by atoms with Gasteiger partial charge in [0.05, 0.1) is 6.10 Å². The summed E-state index contributed by atoms with van der Waals surface area (Å²) in [6.45, 7) is 6.82. The maximum Gasteiger partial charge on any atom is 0.324 e. The predicted octanol–water partition coefficient (Wildman–Crippen LogP) is 1.49. The van der Waals surface area contributed by atoms with Crippen LogP contribution < -0.4 is 14.8 Å². The van der Waals surface area contributed by atoms with Crippen LogP contribution in [-0.2, 0) is 0 Å². The molecule has 1 aromatic rings. The van der Waals surface area contributed by atoms with Crippen molar-refractivity contribution in [3.8, 4) is 24.4 Å². The standard InChI is InChI=1S/C12H18N4O2/c1-5-7-8-17-11-14-10(13-6-2)15-12(16-11)18-9(3)4/h1,9H,6-8H2,2-4H3,(H,13,14,15,16). The fourth-order valence-electron chi connectivity index (χ4n) is 1.10. The molecule has 18 heavy (non-hydrogen) atoms. The van der Waals surface area contributed by atoms with Gasteiger partial charge in [-0.15, -0.1) is 17.3 Å². The third-order valence-electron chi connectivity index (χ3n) is 1.75. The van der Waals surface area contributed by atoms with E-state index in [-0.39, 0.29) is 18.1 Å². The summed E-state index contributed by atoms with van der Waals surface area (Å²) >= 11 is 0. The zero-order valence-corrected chi connectivity index (χ0v) is 10.9. The summed E-state index contributed by atoms with van der Waals surface area (Å²) < 4.78 is 10.8. The normalized spacial score (nSPS) is 9.94. The van der Waals surface area contributed by atoms with Crippen LogP contribution in [0, 0.1) is 12.3 Å². The van der Waals surface area contributed by atoms with Crippen molar-refractivity contribution in [3.63, 3.8) is 0 Å². The maximum atomic E-state index is 5.43. The SMILES string of the molecule is C#CCCOc1nc(NCC)nc(OC(C)C)n1. The van der Waals surface area contributed by atoms with E-state index in [1.807, 2.05) is 20.8 Å². The molecule has 0 aromatic carbocycles. The van der Waals surface area contributed by atoms with Gasteiger partial charge < -0.3 is 14.8 Å². The van der Waals surface area contributed by atoms with Crippen molar-refractivity contribution in [1.82, 2.24) is 15.0 Å². The number of rotatable bonds is 7. The van der Waals surface area contributed by atoms with E-state index in [9.17, 15) is 0 Å². The smallest absolute Gasteiger partial charge is 0.324 e. The highest BCUT2D eigenvalue weighted by Gasteiger charge is 2.09. The molecule has 1 rings (SSSR count). The van der Waals surface area contributed by atoms with Gasteiger partial charge in [-0.25, -0.2) is 0 Å². The van der Waals surface area contributed by atoms with E-state index in [0.717, 1.165) is 0 Å². The quantitative estimate of drug-likeness (QED) is 0.584. The second-order valence-corrected chi connectivity index (χ2v) is 3.72. The minimum Gasteiger partial charge on any atom is -0.462 e. The first-order valence-corrected chi connectivity index (χ1v) is 5.88. The fourth-order valence-corrected chi connectivity index (χ4v) is 1.10. The highest BCUT2D eigenvalue weighted by Crippen LogP contribution is 2.14. The molecule has 6 heteroatoms. The Hall–Kier alpha value is -2.03. The minimum absolute atomic E-state index is 0.0135. The van der Waals surface area contributed by atoms with E-state index >= 15 is 0 Å². The Labute approximate surface area is 107 Å². The van der Waals surface area contributed by atoms with Crippen molar-refractivity contribution in [1.29, 1.82) is 0 Å². The Morgan fingerprint density at radius 3 is 2.61 bits per heavy atom. The van der Waals surface area contributed by atoms with Crippen molar-refractivity contribution >= 4 is 5.95 Å². The van der Waals surface area contributed by atoms with Crippen LogP contribution in [-0.4, -0.2) is 34.2 Å². The van der Waals surface area contributed by atoms with Crippen molar-refractivity contribution in [3.05, 3.63) is 0 Å².